The highest BCUT2D eigenvalue weighted by atomic mass is 35.5. The number of carbonyl (C=O) groups excluding carboxylic acids is 1. The fourth-order valence-electron chi connectivity index (χ4n) is 4.76. The summed E-state index contributed by atoms with van der Waals surface area (Å²) in [5.41, 5.74) is 1.69. The van der Waals surface area contributed by atoms with Crippen LogP contribution in [0.2, 0.25) is 5.02 Å². The normalized spacial score (nSPS) is 20.6. The molecule has 4 rings (SSSR count). The van der Waals surface area contributed by atoms with Gasteiger partial charge in [0.1, 0.15) is 0 Å². The summed E-state index contributed by atoms with van der Waals surface area (Å²) in [5, 5.41) is 4.13. The second-order valence-corrected chi connectivity index (χ2v) is 8.42. The van der Waals surface area contributed by atoms with Gasteiger partial charge in [-0.1, -0.05) is 42.6 Å². The molecule has 148 valence electrons. The van der Waals surface area contributed by atoms with Gasteiger partial charge in [0.25, 0.3) is 0 Å². The van der Waals surface area contributed by atoms with E-state index in [1.165, 1.54) is 0 Å². The van der Waals surface area contributed by atoms with E-state index in [4.69, 9.17) is 16.3 Å². The molecule has 0 spiro atoms. The molecule has 5 heteroatoms. The lowest BCUT2D eigenvalue weighted by Crippen LogP contribution is -2.46. The third-order valence-electron chi connectivity index (χ3n) is 6.36. The highest BCUT2D eigenvalue weighted by Gasteiger charge is 2.44. The van der Waals surface area contributed by atoms with E-state index in [0.29, 0.717) is 10.9 Å². The topological polar surface area (TPSA) is 51.2 Å². The third-order valence-corrected chi connectivity index (χ3v) is 6.61. The van der Waals surface area contributed by atoms with Crippen LogP contribution in [0, 0.1) is 5.92 Å². The Labute approximate surface area is 171 Å². The van der Waals surface area contributed by atoms with Crippen LogP contribution in [0.3, 0.4) is 0 Å². The number of nitrogens with one attached hydrogen (secondary N) is 1. The fraction of sp³-hybridized carbons (Fsp3) is 0.478. The van der Waals surface area contributed by atoms with Gasteiger partial charge in [0.2, 0.25) is 5.91 Å². The van der Waals surface area contributed by atoms with Crippen molar-refractivity contribution >= 4 is 17.5 Å². The van der Waals surface area contributed by atoms with Crippen molar-refractivity contribution in [1.29, 1.82) is 0 Å². The van der Waals surface area contributed by atoms with E-state index in [-0.39, 0.29) is 11.9 Å². The summed E-state index contributed by atoms with van der Waals surface area (Å²) in [4.78, 5) is 18.0. The van der Waals surface area contributed by atoms with Crippen molar-refractivity contribution < 1.29 is 9.53 Å². The Kier molecular flexibility index (Phi) is 5.98. The number of halogens is 1. The van der Waals surface area contributed by atoms with Crippen molar-refractivity contribution in [2.45, 2.75) is 50.0 Å². The summed E-state index contributed by atoms with van der Waals surface area (Å²) in [6, 6.07) is 11.8. The first-order valence-electron chi connectivity index (χ1n) is 10.2. The van der Waals surface area contributed by atoms with Crippen molar-refractivity contribution in [3.8, 4) is 0 Å². The highest BCUT2D eigenvalue weighted by Crippen LogP contribution is 2.43. The second kappa shape index (κ2) is 8.62. The third kappa shape index (κ3) is 3.94. The lowest BCUT2D eigenvalue weighted by molar-refractivity contribution is -0.128. The van der Waals surface area contributed by atoms with Gasteiger partial charge in [-0.15, -0.1) is 0 Å². The van der Waals surface area contributed by atoms with E-state index in [1.807, 2.05) is 36.5 Å². The maximum atomic E-state index is 13.7. The number of pyridine rings is 1. The zero-order valence-corrected chi connectivity index (χ0v) is 16.8. The Morgan fingerprint density at radius 2 is 1.86 bits per heavy atom. The predicted octanol–water partition coefficient (Wildman–Crippen LogP) is 4.83. The maximum absolute atomic E-state index is 13.7. The van der Waals surface area contributed by atoms with Gasteiger partial charge >= 0.3 is 0 Å². The number of hydrogen-bond acceptors (Lipinski definition) is 3. The van der Waals surface area contributed by atoms with Crippen LogP contribution >= 0.6 is 11.6 Å². The summed E-state index contributed by atoms with van der Waals surface area (Å²) in [6.45, 7) is 1.50. The van der Waals surface area contributed by atoms with Gasteiger partial charge in [-0.3, -0.25) is 9.78 Å². The molecular formula is C23H27ClN2O2. The molecule has 28 heavy (non-hydrogen) atoms. The SMILES string of the molecule is O=C(N[C@@H](c1cccnc1)C1CCOCC1)C1(c2ccc(Cl)cc2)CCCC1. The number of rotatable bonds is 5. The van der Waals surface area contributed by atoms with Crippen LogP contribution in [0.5, 0.6) is 0 Å². The van der Waals surface area contributed by atoms with Crippen LogP contribution in [0.4, 0.5) is 0 Å². The number of amides is 1. The van der Waals surface area contributed by atoms with Crippen LogP contribution in [0.15, 0.2) is 48.8 Å². The van der Waals surface area contributed by atoms with Crippen molar-refractivity contribution in [2.75, 3.05) is 13.2 Å². The average Bonchev–Trinajstić information content (AvgIpc) is 3.25. The van der Waals surface area contributed by atoms with Crippen LogP contribution in [0.25, 0.3) is 0 Å². The molecule has 1 aromatic carbocycles. The number of benzene rings is 1. The minimum Gasteiger partial charge on any atom is -0.381 e. The van der Waals surface area contributed by atoms with Gasteiger partial charge in [0.05, 0.1) is 11.5 Å². The number of carbonyl (C=O) groups is 1. The molecule has 0 radical (unpaired) electrons. The van der Waals surface area contributed by atoms with Crippen molar-refractivity contribution in [2.24, 2.45) is 5.92 Å². The minimum atomic E-state index is -0.462. The van der Waals surface area contributed by atoms with Crippen molar-refractivity contribution in [3.63, 3.8) is 0 Å². The largest absolute Gasteiger partial charge is 0.381 e. The Bertz CT molecular complexity index is 782. The van der Waals surface area contributed by atoms with E-state index < -0.39 is 5.41 Å². The van der Waals surface area contributed by atoms with Crippen molar-refractivity contribution in [1.82, 2.24) is 10.3 Å². The molecule has 1 saturated carbocycles. The number of hydrogen-bond donors (Lipinski definition) is 1. The summed E-state index contributed by atoms with van der Waals surface area (Å²) in [7, 11) is 0. The monoisotopic (exact) mass is 398 g/mol. The molecule has 1 aliphatic heterocycles. The standard InChI is InChI=1S/C23H27ClN2O2/c24-20-7-5-19(6-8-20)23(11-1-2-12-23)22(27)26-21(17-9-14-28-15-10-17)18-4-3-13-25-16-18/h3-8,13,16-17,21H,1-2,9-12,14-15H2,(H,26,27)/t21-/m1/s1. The highest BCUT2D eigenvalue weighted by molar-refractivity contribution is 6.30. The minimum absolute atomic E-state index is 0.0325. The number of ether oxygens (including phenoxy) is 1. The second-order valence-electron chi connectivity index (χ2n) is 7.98. The summed E-state index contributed by atoms with van der Waals surface area (Å²) in [5.74, 6) is 0.498. The molecule has 0 unspecified atom stereocenters. The first-order chi connectivity index (χ1) is 13.7. The van der Waals surface area contributed by atoms with Crippen LogP contribution in [-0.2, 0) is 14.9 Å². The molecule has 1 aromatic heterocycles. The van der Waals surface area contributed by atoms with Gasteiger partial charge in [-0.25, -0.2) is 0 Å². The first-order valence-corrected chi connectivity index (χ1v) is 10.6. The molecule has 2 fully saturated rings. The molecule has 4 nitrogen and oxygen atoms in total. The fourth-order valence-corrected chi connectivity index (χ4v) is 4.88. The molecule has 1 aliphatic carbocycles. The molecule has 2 aliphatic rings. The van der Waals surface area contributed by atoms with E-state index in [0.717, 1.165) is 62.9 Å². The van der Waals surface area contributed by atoms with Crippen LogP contribution in [-0.4, -0.2) is 24.1 Å². The Morgan fingerprint density at radius 3 is 2.50 bits per heavy atom. The lowest BCUT2D eigenvalue weighted by atomic mass is 9.77. The lowest BCUT2D eigenvalue weighted by Gasteiger charge is -2.35. The van der Waals surface area contributed by atoms with Crippen LogP contribution < -0.4 is 5.32 Å². The summed E-state index contributed by atoms with van der Waals surface area (Å²) in [6.07, 6.45) is 9.47. The zero-order valence-electron chi connectivity index (χ0n) is 16.1. The molecule has 1 saturated heterocycles. The zero-order chi connectivity index (χ0) is 19.4. The first kappa shape index (κ1) is 19.4. The molecule has 1 atom stereocenters. The quantitative estimate of drug-likeness (QED) is 0.784. The van der Waals surface area contributed by atoms with Crippen LogP contribution in [0.1, 0.15) is 55.7 Å². The summed E-state index contributed by atoms with van der Waals surface area (Å²) >= 11 is 6.09. The Hall–Kier alpha value is -1.91. The molecule has 1 N–H and O–H groups in total. The number of aromatic nitrogens is 1. The van der Waals surface area contributed by atoms with Gasteiger partial charge < -0.3 is 10.1 Å². The molecule has 0 bridgehead atoms. The van der Waals surface area contributed by atoms with Gasteiger partial charge in [-0.2, -0.15) is 0 Å². The average molecular weight is 399 g/mol. The van der Waals surface area contributed by atoms with E-state index in [9.17, 15) is 4.79 Å². The van der Waals surface area contributed by atoms with Gasteiger partial charge in [-0.05, 0) is 60.9 Å². The van der Waals surface area contributed by atoms with E-state index in [1.54, 1.807) is 6.20 Å². The van der Waals surface area contributed by atoms with E-state index >= 15 is 0 Å². The Balaban J connectivity index is 1.63. The number of nitrogens with zero attached hydrogens (tertiary/aromatic N) is 1. The van der Waals surface area contributed by atoms with Crippen molar-refractivity contribution in [3.05, 3.63) is 64.9 Å². The maximum Gasteiger partial charge on any atom is 0.231 e. The molecule has 2 aromatic rings. The van der Waals surface area contributed by atoms with E-state index in [2.05, 4.69) is 16.4 Å². The Morgan fingerprint density at radius 1 is 1.14 bits per heavy atom. The van der Waals surface area contributed by atoms with Gasteiger partial charge in [0, 0.05) is 30.6 Å². The summed E-state index contributed by atoms with van der Waals surface area (Å²) < 4.78 is 5.55. The predicted molar refractivity (Wildman–Crippen MR) is 110 cm³/mol. The molecule has 2 heterocycles. The van der Waals surface area contributed by atoms with Gasteiger partial charge in [0.15, 0.2) is 0 Å². The molecule has 1 amide bonds. The molecular weight excluding hydrogens is 372 g/mol. The smallest absolute Gasteiger partial charge is 0.231 e.